The highest BCUT2D eigenvalue weighted by molar-refractivity contribution is 7.15. The Balaban J connectivity index is 2.07. The number of anilines is 1. The van der Waals surface area contributed by atoms with Gasteiger partial charge in [-0.25, -0.2) is 4.98 Å². The quantitative estimate of drug-likeness (QED) is 0.684. The summed E-state index contributed by atoms with van der Waals surface area (Å²) in [6.45, 7) is 1.60. The van der Waals surface area contributed by atoms with Crippen molar-refractivity contribution in [2.45, 2.75) is 18.5 Å². The van der Waals surface area contributed by atoms with Gasteiger partial charge in [0, 0.05) is 17.3 Å². The van der Waals surface area contributed by atoms with Gasteiger partial charge in [0.2, 0.25) is 0 Å². The SMILES string of the molecule is CN1C2COCC1c1sc(N)nc1C2. The van der Waals surface area contributed by atoms with Gasteiger partial charge in [0.25, 0.3) is 0 Å². The van der Waals surface area contributed by atoms with Crippen molar-refractivity contribution in [2.75, 3.05) is 26.0 Å². The third kappa shape index (κ3) is 1.09. The summed E-state index contributed by atoms with van der Waals surface area (Å²) in [5.74, 6) is 0. The molecule has 1 fully saturated rings. The number of hydrogen-bond donors (Lipinski definition) is 1. The summed E-state index contributed by atoms with van der Waals surface area (Å²) in [7, 11) is 2.16. The fourth-order valence-corrected chi connectivity index (χ4v) is 3.28. The van der Waals surface area contributed by atoms with Gasteiger partial charge in [-0.2, -0.15) is 0 Å². The van der Waals surface area contributed by atoms with E-state index in [2.05, 4.69) is 16.9 Å². The van der Waals surface area contributed by atoms with Gasteiger partial charge in [0.05, 0.1) is 24.9 Å². The molecular formula is C9H13N3OS. The molecular weight excluding hydrogens is 198 g/mol. The summed E-state index contributed by atoms with van der Waals surface area (Å²) >= 11 is 1.61. The number of likely N-dealkylation sites (N-methyl/N-ethyl adjacent to an activating group) is 1. The molecule has 1 aromatic rings. The van der Waals surface area contributed by atoms with Crippen LogP contribution in [-0.4, -0.2) is 36.2 Å². The van der Waals surface area contributed by atoms with Crippen molar-refractivity contribution in [3.8, 4) is 0 Å². The zero-order chi connectivity index (χ0) is 9.71. The van der Waals surface area contributed by atoms with Crippen LogP contribution in [0.2, 0.25) is 0 Å². The summed E-state index contributed by atoms with van der Waals surface area (Å²) < 4.78 is 5.57. The van der Waals surface area contributed by atoms with Gasteiger partial charge in [-0.3, -0.25) is 4.90 Å². The van der Waals surface area contributed by atoms with Gasteiger partial charge in [-0.15, -0.1) is 11.3 Å². The molecule has 2 atom stereocenters. The van der Waals surface area contributed by atoms with Crippen LogP contribution in [0.15, 0.2) is 0 Å². The molecule has 0 spiro atoms. The minimum atomic E-state index is 0.382. The van der Waals surface area contributed by atoms with Crippen LogP contribution < -0.4 is 5.73 Å². The number of ether oxygens (including phenoxy) is 1. The molecule has 0 amide bonds. The molecule has 2 bridgehead atoms. The molecule has 0 aliphatic carbocycles. The number of nitrogens with two attached hydrogens (primary N) is 1. The fourth-order valence-electron chi connectivity index (χ4n) is 2.28. The highest BCUT2D eigenvalue weighted by Crippen LogP contribution is 2.39. The van der Waals surface area contributed by atoms with Crippen molar-refractivity contribution in [1.29, 1.82) is 0 Å². The van der Waals surface area contributed by atoms with Crippen LogP contribution in [0.4, 0.5) is 5.13 Å². The number of thiazole rings is 1. The number of nitrogen functional groups attached to an aromatic ring is 1. The molecule has 2 unspecified atom stereocenters. The lowest BCUT2D eigenvalue weighted by Gasteiger charge is -2.42. The third-order valence-corrected chi connectivity index (χ3v) is 4.16. The van der Waals surface area contributed by atoms with Gasteiger partial charge in [0.15, 0.2) is 5.13 Å². The number of rotatable bonds is 0. The molecule has 5 heteroatoms. The fraction of sp³-hybridized carbons (Fsp3) is 0.667. The van der Waals surface area contributed by atoms with E-state index in [0.29, 0.717) is 17.2 Å². The van der Waals surface area contributed by atoms with E-state index < -0.39 is 0 Å². The van der Waals surface area contributed by atoms with Gasteiger partial charge in [-0.1, -0.05) is 0 Å². The third-order valence-electron chi connectivity index (χ3n) is 3.13. The number of aromatic nitrogens is 1. The van der Waals surface area contributed by atoms with Gasteiger partial charge >= 0.3 is 0 Å². The molecule has 0 radical (unpaired) electrons. The Bertz CT molecular complexity index is 365. The first kappa shape index (κ1) is 8.64. The smallest absolute Gasteiger partial charge is 0.180 e. The van der Waals surface area contributed by atoms with Crippen molar-refractivity contribution < 1.29 is 4.74 Å². The standard InChI is InChI=1S/C9H13N3OS/c1-12-5-2-6-8(14-9(10)11-6)7(12)4-13-3-5/h5,7H,2-4H2,1H3,(H2,10,11). The van der Waals surface area contributed by atoms with E-state index in [1.807, 2.05) is 0 Å². The second kappa shape index (κ2) is 2.92. The second-order valence-corrected chi connectivity index (χ2v) is 5.00. The predicted octanol–water partition coefficient (Wildman–Crippen LogP) is 0.653. The highest BCUT2D eigenvalue weighted by atomic mass is 32.1. The van der Waals surface area contributed by atoms with Gasteiger partial charge in [0.1, 0.15) is 0 Å². The lowest BCUT2D eigenvalue weighted by atomic mass is 9.98. The Morgan fingerprint density at radius 2 is 2.43 bits per heavy atom. The Hall–Kier alpha value is -0.650. The van der Waals surface area contributed by atoms with Crippen molar-refractivity contribution in [1.82, 2.24) is 9.88 Å². The zero-order valence-corrected chi connectivity index (χ0v) is 8.88. The first-order valence-electron chi connectivity index (χ1n) is 4.80. The molecule has 2 aliphatic rings. The first-order chi connectivity index (χ1) is 6.75. The second-order valence-electron chi connectivity index (χ2n) is 3.94. The maximum Gasteiger partial charge on any atom is 0.180 e. The molecule has 1 saturated heterocycles. The van der Waals surface area contributed by atoms with Gasteiger partial charge in [-0.05, 0) is 7.05 Å². The van der Waals surface area contributed by atoms with Crippen molar-refractivity contribution in [2.24, 2.45) is 0 Å². The molecule has 14 heavy (non-hydrogen) atoms. The molecule has 3 rings (SSSR count). The maximum atomic E-state index is 5.73. The zero-order valence-electron chi connectivity index (χ0n) is 8.06. The van der Waals surface area contributed by atoms with E-state index in [-0.39, 0.29) is 0 Å². The van der Waals surface area contributed by atoms with Crippen molar-refractivity contribution in [3.05, 3.63) is 10.6 Å². The number of hydrogen-bond acceptors (Lipinski definition) is 5. The summed E-state index contributed by atoms with van der Waals surface area (Å²) in [5.41, 5.74) is 6.93. The van der Waals surface area contributed by atoms with Gasteiger partial charge < -0.3 is 10.5 Å². The molecule has 2 aliphatic heterocycles. The van der Waals surface area contributed by atoms with Crippen LogP contribution in [0, 0.1) is 0 Å². The maximum absolute atomic E-state index is 5.73. The summed E-state index contributed by atoms with van der Waals surface area (Å²) in [4.78, 5) is 8.08. The van der Waals surface area contributed by atoms with Crippen LogP contribution >= 0.6 is 11.3 Å². The number of fused-ring (bicyclic) bond motifs is 4. The minimum Gasteiger partial charge on any atom is -0.378 e. The Kier molecular flexibility index (Phi) is 1.80. The monoisotopic (exact) mass is 211 g/mol. The number of nitrogens with zero attached hydrogens (tertiary/aromatic N) is 2. The predicted molar refractivity (Wildman–Crippen MR) is 55.3 cm³/mol. The molecule has 0 aromatic carbocycles. The Morgan fingerprint density at radius 1 is 1.57 bits per heavy atom. The van der Waals surface area contributed by atoms with Crippen molar-refractivity contribution in [3.63, 3.8) is 0 Å². The van der Waals surface area contributed by atoms with E-state index in [1.54, 1.807) is 11.3 Å². The van der Waals surface area contributed by atoms with E-state index in [0.717, 1.165) is 19.6 Å². The van der Waals surface area contributed by atoms with Crippen molar-refractivity contribution >= 4 is 16.5 Å². The average Bonchev–Trinajstić information content (AvgIpc) is 2.47. The molecule has 76 valence electrons. The van der Waals surface area contributed by atoms with E-state index >= 15 is 0 Å². The summed E-state index contributed by atoms with van der Waals surface area (Å²) in [5, 5.41) is 0.691. The number of morpholine rings is 1. The molecule has 4 nitrogen and oxygen atoms in total. The Morgan fingerprint density at radius 3 is 3.29 bits per heavy atom. The largest absolute Gasteiger partial charge is 0.378 e. The van der Waals surface area contributed by atoms with Crippen LogP contribution in [0.3, 0.4) is 0 Å². The van der Waals surface area contributed by atoms with Crippen LogP contribution in [0.25, 0.3) is 0 Å². The molecule has 3 heterocycles. The minimum absolute atomic E-state index is 0.382. The lowest BCUT2D eigenvalue weighted by molar-refractivity contribution is -0.0435. The highest BCUT2D eigenvalue weighted by Gasteiger charge is 2.37. The van der Waals surface area contributed by atoms with E-state index in [4.69, 9.17) is 10.5 Å². The average molecular weight is 211 g/mol. The lowest BCUT2D eigenvalue weighted by Crippen LogP contribution is -2.49. The van der Waals surface area contributed by atoms with Crippen LogP contribution in [0.5, 0.6) is 0 Å². The van der Waals surface area contributed by atoms with Crippen LogP contribution in [-0.2, 0) is 11.2 Å². The van der Waals surface area contributed by atoms with E-state index in [1.165, 1.54) is 10.6 Å². The normalized spacial score (nSPS) is 31.5. The summed E-state index contributed by atoms with van der Waals surface area (Å²) in [6.07, 6.45) is 0.982. The van der Waals surface area contributed by atoms with Crippen LogP contribution in [0.1, 0.15) is 16.6 Å². The molecule has 1 aromatic heterocycles. The molecule has 2 N–H and O–H groups in total. The van der Waals surface area contributed by atoms with E-state index in [9.17, 15) is 0 Å². The summed E-state index contributed by atoms with van der Waals surface area (Å²) in [6, 6.07) is 0.870. The molecule has 0 saturated carbocycles. The Labute approximate surface area is 86.7 Å². The first-order valence-corrected chi connectivity index (χ1v) is 5.62. The topological polar surface area (TPSA) is 51.4 Å².